The molecule has 1 saturated heterocycles. The van der Waals surface area contributed by atoms with Crippen LogP contribution in [0, 0.1) is 0 Å². The molecule has 1 atom stereocenters. The minimum absolute atomic E-state index is 0. The average Bonchev–Trinajstić information content (AvgIpc) is 3.36. The van der Waals surface area contributed by atoms with Crippen LogP contribution in [-0.4, -0.2) is 88.9 Å². The van der Waals surface area contributed by atoms with E-state index in [9.17, 15) is 4.79 Å². The van der Waals surface area contributed by atoms with E-state index in [0.29, 0.717) is 32.7 Å². The molecular formula is C19H36IN7O2. The van der Waals surface area contributed by atoms with Crippen molar-refractivity contribution in [1.82, 2.24) is 29.9 Å². The molecule has 1 aliphatic heterocycles. The number of aliphatic imine (C=N–C) groups is 1. The summed E-state index contributed by atoms with van der Waals surface area (Å²) in [4.78, 5) is 20.9. The van der Waals surface area contributed by atoms with Gasteiger partial charge in [-0.1, -0.05) is 6.92 Å². The van der Waals surface area contributed by atoms with Gasteiger partial charge in [0.15, 0.2) is 5.96 Å². The number of rotatable bonds is 10. The van der Waals surface area contributed by atoms with Crippen LogP contribution in [0.15, 0.2) is 11.3 Å². The van der Waals surface area contributed by atoms with E-state index in [4.69, 9.17) is 9.73 Å². The minimum Gasteiger partial charge on any atom is -0.376 e. The van der Waals surface area contributed by atoms with Gasteiger partial charge in [-0.2, -0.15) is 0 Å². The summed E-state index contributed by atoms with van der Waals surface area (Å²) < 4.78 is 7.72. The minimum atomic E-state index is 0. The summed E-state index contributed by atoms with van der Waals surface area (Å²) in [5.74, 6) is 1.79. The third-order valence-electron chi connectivity index (χ3n) is 4.97. The molecule has 166 valence electrons. The van der Waals surface area contributed by atoms with Crippen LogP contribution in [0.2, 0.25) is 0 Å². The molecule has 9 nitrogen and oxygen atoms in total. The zero-order chi connectivity index (χ0) is 20.4. The predicted octanol–water partition coefficient (Wildman–Crippen LogP) is 1.38. The van der Waals surface area contributed by atoms with E-state index in [-0.39, 0.29) is 36.0 Å². The van der Waals surface area contributed by atoms with Crippen LogP contribution in [0.1, 0.15) is 39.4 Å². The van der Waals surface area contributed by atoms with E-state index in [2.05, 4.69) is 22.4 Å². The van der Waals surface area contributed by atoms with Crippen molar-refractivity contribution < 1.29 is 9.53 Å². The molecule has 10 heteroatoms. The molecule has 2 heterocycles. The molecule has 1 aromatic heterocycles. The van der Waals surface area contributed by atoms with Gasteiger partial charge in [0, 0.05) is 46.3 Å². The number of hydrogen-bond donors (Lipinski definition) is 1. The Labute approximate surface area is 191 Å². The molecule has 0 aromatic carbocycles. The molecule has 29 heavy (non-hydrogen) atoms. The van der Waals surface area contributed by atoms with Crippen LogP contribution in [-0.2, 0) is 22.5 Å². The van der Waals surface area contributed by atoms with Gasteiger partial charge in [-0.3, -0.25) is 9.79 Å². The second-order valence-corrected chi connectivity index (χ2v) is 6.94. The number of aromatic nitrogens is 3. The number of hydrogen-bond acceptors (Lipinski definition) is 5. The first kappa shape index (κ1) is 25.6. The maximum absolute atomic E-state index is 12.5. The first-order valence-electron chi connectivity index (χ1n) is 10.3. The molecule has 0 bridgehead atoms. The fourth-order valence-corrected chi connectivity index (χ4v) is 3.27. The largest absolute Gasteiger partial charge is 0.376 e. The van der Waals surface area contributed by atoms with Crippen LogP contribution in [0.5, 0.6) is 0 Å². The molecule has 1 amide bonds. The lowest BCUT2D eigenvalue weighted by molar-refractivity contribution is -0.131. The Kier molecular flexibility index (Phi) is 12.1. The third-order valence-corrected chi connectivity index (χ3v) is 4.97. The molecule has 1 aromatic rings. The lowest BCUT2D eigenvalue weighted by Crippen LogP contribution is -2.46. The number of carbonyl (C=O) groups excluding carboxylic acids is 1. The van der Waals surface area contributed by atoms with Crippen LogP contribution in [0.4, 0.5) is 0 Å². The maximum atomic E-state index is 12.5. The number of nitrogens with zero attached hydrogens (tertiary/aromatic N) is 6. The van der Waals surface area contributed by atoms with Gasteiger partial charge in [-0.25, -0.2) is 0 Å². The van der Waals surface area contributed by atoms with Crippen molar-refractivity contribution in [3.63, 3.8) is 0 Å². The highest BCUT2D eigenvalue weighted by Crippen LogP contribution is 2.12. The van der Waals surface area contributed by atoms with Crippen molar-refractivity contribution in [1.29, 1.82) is 0 Å². The zero-order valence-electron chi connectivity index (χ0n) is 18.1. The molecule has 1 N–H and O–H groups in total. The summed E-state index contributed by atoms with van der Waals surface area (Å²) in [6, 6.07) is 0. The number of halogens is 1. The van der Waals surface area contributed by atoms with Crippen LogP contribution < -0.4 is 5.32 Å². The smallest absolute Gasteiger partial charge is 0.242 e. The van der Waals surface area contributed by atoms with Gasteiger partial charge in [-0.05, 0) is 26.7 Å². The van der Waals surface area contributed by atoms with E-state index in [0.717, 1.165) is 44.2 Å². The van der Waals surface area contributed by atoms with Crippen molar-refractivity contribution >= 4 is 35.8 Å². The number of carbonyl (C=O) groups is 1. The van der Waals surface area contributed by atoms with E-state index in [1.165, 1.54) is 0 Å². The highest BCUT2D eigenvalue weighted by molar-refractivity contribution is 14.0. The molecule has 1 aliphatic rings. The topological polar surface area (TPSA) is 87.9 Å². The van der Waals surface area contributed by atoms with E-state index >= 15 is 0 Å². The van der Waals surface area contributed by atoms with Crippen molar-refractivity contribution in [3.8, 4) is 0 Å². The Bertz CT molecular complexity index is 628. The van der Waals surface area contributed by atoms with E-state index in [1.54, 1.807) is 6.33 Å². The van der Waals surface area contributed by atoms with Gasteiger partial charge in [0.05, 0.1) is 19.2 Å². The van der Waals surface area contributed by atoms with Crippen LogP contribution in [0.3, 0.4) is 0 Å². The molecule has 0 radical (unpaired) electrons. The normalized spacial score (nSPS) is 16.4. The molecule has 0 saturated carbocycles. The molecule has 0 aliphatic carbocycles. The maximum Gasteiger partial charge on any atom is 0.242 e. The van der Waals surface area contributed by atoms with Gasteiger partial charge >= 0.3 is 0 Å². The van der Waals surface area contributed by atoms with Crippen molar-refractivity contribution in [3.05, 3.63) is 12.2 Å². The Morgan fingerprint density at radius 2 is 2.14 bits per heavy atom. The quantitative estimate of drug-likeness (QED) is 0.285. The number of aryl methyl sites for hydroxylation is 1. The van der Waals surface area contributed by atoms with E-state index < -0.39 is 0 Å². The molecule has 2 rings (SSSR count). The zero-order valence-corrected chi connectivity index (χ0v) is 20.5. The SMILES string of the molecule is CCc1nncn1CCNC(=NCC1CCCO1)N(C)CC(=O)N(CC)CC.I. The van der Waals surface area contributed by atoms with Crippen molar-refractivity contribution in [2.75, 3.05) is 46.4 Å². The summed E-state index contributed by atoms with van der Waals surface area (Å²) in [7, 11) is 1.90. The Balaban J connectivity index is 0.00000420. The number of guanidine groups is 1. The molecule has 1 unspecified atom stereocenters. The van der Waals surface area contributed by atoms with Gasteiger partial charge in [0.1, 0.15) is 12.2 Å². The molecule has 1 fully saturated rings. The summed E-state index contributed by atoms with van der Waals surface area (Å²) in [5.41, 5.74) is 0. The number of ether oxygens (including phenoxy) is 1. The van der Waals surface area contributed by atoms with Crippen molar-refractivity contribution in [2.45, 2.75) is 52.7 Å². The Morgan fingerprint density at radius 1 is 1.38 bits per heavy atom. The Morgan fingerprint density at radius 3 is 2.76 bits per heavy atom. The standard InChI is InChI=1S/C19H35N7O2.HI/c1-5-17-23-22-15-26(17)11-10-20-19(21-13-16-9-8-12-28-16)24(4)14-18(27)25(6-2)7-3;/h15-16H,5-14H2,1-4H3,(H,20,21);1H. The first-order valence-corrected chi connectivity index (χ1v) is 10.3. The summed E-state index contributed by atoms with van der Waals surface area (Å²) in [5, 5.41) is 11.5. The van der Waals surface area contributed by atoms with Gasteiger partial charge in [0.25, 0.3) is 0 Å². The monoisotopic (exact) mass is 521 g/mol. The highest BCUT2D eigenvalue weighted by atomic mass is 127. The summed E-state index contributed by atoms with van der Waals surface area (Å²) >= 11 is 0. The first-order chi connectivity index (χ1) is 13.6. The van der Waals surface area contributed by atoms with E-state index in [1.807, 2.05) is 35.3 Å². The number of amides is 1. The second-order valence-electron chi connectivity index (χ2n) is 6.94. The lowest BCUT2D eigenvalue weighted by Gasteiger charge is -2.26. The molecular weight excluding hydrogens is 485 g/mol. The highest BCUT2D eigenvalue weighted by Gasteiger charge is 2.18. The second kappa shape index (κ2) is 13.7. The summed E-state index contributed by atoms with van der Waals surface area (Å²) in [6.45, 7) is 10.6. The fourth-order valence-electron chi connectivity index (χ4n) is 3.27. The number of likely N-dealkylation sites (N-methyl/N-ethyl adjacent to an activating group) is 2. The fraction of sp³-hybridized carbons (Fsp3) is 0.789. The Hall–Kier alpha value is -1.43. The molecule has 0 spiro atoms. The lowest BCUT2D eigenvalue weighted by atomic mass is 10.2. The van der Waals surface area contributed by atoms with Crippen molar-refractivity contribution in [2.24, 2.45) is 4.99 Å². The summed E-state index contributed by atoms with van der Waals surface area (Å²) in [6.07, 6.45) is 4.90. The predicted molar refractivity (Wildman–Crippen MR) is 125 cm³/mol. The average molecular weight is 521 g/mol. The van der Waals surface area contributed by atoms with Crippen LogP contribution >= 0.6 is 24.0 Å². The van der Waals surface area contributed by atoms with Gasteiger partial charge in [0.2, 0.25) is 5.91 Å². The van der Waals surface area contributed by atoms with Gasteiger partial charge in [-0.15, -0.1) is 34.2 Å². The van der Waals surface area contributed by atoms with Gasteiger partial charge < -0.3 is 24.4 Å². The number of nitrogens with one attached hydrogen (secondary N) is 1. The third kappa shape index (κ3) is 8.07. The van der Waals surface area contributed by atoms with Crippen LogP contribution in [0.25, 0.3) is 0 Å².